The summed E-state index contributed by atoms with van der Waals surface area (Å²) in [6, 6.07) is 1.28. The molecule has 0 aromatic carbocycles. The Morgan fingerprint density at radius 2 is 1.86 bits per heavy atom. The van der Waals surface area contributed by atoms with E-state index in [0.29, 0.717) is 12.3 Å². The van der Waals surface area contributed by atoms with Crippen LogP contribution in [0.1, 0.15) is 38.5 Å². The van der Waals surface area contributed by atoms with Gasteiger partial charge in [0, 0.05) is 26.6 Å². The van der Waals surface area contributed by atoms with Crippen LogP contribution >= 0.6 is 0 Å². The normalized spacial score (nSPS) is 15.7. The number of hydrazine groups is 1. The third kappa shape index (κ3) is 3.74. The highest BCUT2D eigenvalue weighted by Gasteiger charge is 2.17. The van der Waals surface area contributed by atoms with Crippen molar-refractivity contribution in [1.82, 2.24) is 14.6 Å². The van der Waals surface area contributed by atoms with E-state index in [1.54, 1.807) is 0 Å². The Hall–Kier alpha value is -2.05. The molecule has 0 aliphatic heterocycles. The molecule has 0 spiro atoms. The topological polar surface area (TPSA) is 85.1 Å². The van der Waals surface area contributed by atoms with Crippen LogP contribution in [0.5, 0.6) is 0 Å². The molecule has 7 nitrogen and oxygen atoms in total. The SMILES string of the molecule is Cn1c(NNC(=O)CC2CCCCC2)cc(=O)n(C)c1=O. The first kappa shape index (κ1) is 15.3. The molecule has 0 bridgehead atoms. The summed E-state index contributed by atoms with van der Waals surface area (Å²) in [5.41, 5.74) is 4.37. The number of anilines is 1. The first-order chi connectivity index (χ1) is 9.99. The van der Waals surface area contributed by atoms with Crippen LogP contribution in [0.15, 0.2) is 15.7 Å². The number of nitrogens with zero attached hydrogens (tertiary/aromatic N) is 2. The molecule has 0 unspecified atom stereocenters. The molecule has 1 aliphatic rings. The van der Waals surface area contributed by atoms with Gasteiger partial charge < -0.3 is 0 Å². The number of amides is 1. The number of aromatic nitrogens is 2. The van der Waals surface area contributed by atoms with E-state index in [0.717, 1.165) is 17.4 Å². The molecule has 1 aromatic heterocycles. The van der Waals surface area contributed by atoms with Gasteiger partial charge in [0.1, 0.15) is 5.82 Å². The van der Waals surface area contributed by atoms with Crippen molar-refractivity contribution in [2.75, 3.05) is 5.43 Å². The van der Waals surface area contributed by atoms with Gasteiger partial charge in [0.25, 0.3) is 5.56 Å². The van der Waals surface area contributed by atoms with Gasteiger partial charge in [-0.3, -0.25) is 29.6 Å². The van der Waals surface area contributed by atoms with Crippen molar-refractivity contribution >= 4 is 11.7 Å². The molecule has 2 rings (SSSR count). The van der Waals surface area contributed by atoms with Gasteiger partial charge >= 0.3 is 5.69 Å². The largest absolute Gasteiger partial charge is 0.332 e. The van der Waals surface area contributed by atoms with E-state index in [9.17, 15) is 14.4 Å². The van der Waals surface area contributed by atoms with Crippen LogP contribution in [-0.4, -0.2) is 15.0 Å². The van der Waals surface area contributed by atoms with Crippen molar-refractivity contribution in [2.24, 2.45) is 20.0 Å². The Morgan fingerprint density at radius 3 is 2.52 bits per heavy atom. The maximum absolute atomic E-state index is 11.9. The maximum Gasteiger partial charge on any atom is 0.332 e. The molecule has 21 heavy (non-hydrogen) atoms. The smallest absolute Gasteiger partial charge is 0.283 e. The zero-order chi connectivity index (χ0) is 15.4. The lowest BCUT2D eigenvalue weighted by Gasteiger charge is -2.21. The lowest BCUT2D eigenvalue weighted by Crippen LogP contribution is -2.40. The third-order valence-corrected chi connectivity index (χ3v) is 4.05. The van der Waals surface area contributed by atoms with E-state index in [1.165, 1.54) is 44.0 Å². The van der Waals surface area contributed by atoms with Crippen LogP contribution in [0.4, 0.5) is 5.82 Å². The van der Waals surface area contributed by atoms with Gasteiger partial charge in [-0.1, -0.05) is 19.3 Å². The molecule has 1 fully saturated rings. The van der Waals surface area contributed by atoms with Gasteiger partial charge in [-0.25, -0.2) is 4.79 Å². The monoisotopic (exact) mass is 294 g/mol. The second-order valence-electron chi connectivity index (χ2n) is 5.65. The first-order valence-electron chi connectivity index (χ1n) is 7.31. The van der Waals surface area contributed by atoms with Crippen molar-refractivity contribution in [3.8, 4) is 0 Å². The number of carbonyl (C=O) groups is 1. The summed E-state index contributed by atoms with van der Waals surface area (Å²) in [6.45, 7) is 0. The molecular formula is C14H22N4O3. The molecule has 0 saturated heterocycles. The van der Waals surface area contributed by atoms with Crippen LogP contribution in [0.2, 0.25) is 0 Å². The summed E-state index contributed by atoms with van der Waals surface area (Å²) < 4.78 is 2.29. The van der Waals surface area contributed by atoms with Gasteiger partial charge in [0.2, 0.25) is 5.91 Å². The number of hydrogen-bond acceptors (Lipinski definition) is 4. The Labute approximate surface area is 122 Å². The van der Waals surface area contributed by atoms with Crippen LogP contribution < -0.4 is 22.1 Å². The minimum absolute atomic E-state index is 0.116. The lowest BCUT2D eigenvalue weighted by molar-refractivity contribution is -0.121. The highest BCUT2D eigenvalue weighted by atomic mass is 16.2. The summed E-state index contributed by atoms with van der Waals surface area (Å²) in [5, 5.41) is 0. The number of hydrogen-bond donors (Lipinski definition) is 2. The average Bonchev–Trinajstić information content (AvgIpc) is 2.48. The zero-order valence-electron chi connectivity index (χ0n) is 12.5. The zero-order valence-corrected chi connectivity index (χ0v) is 12.5. The van der Waals surface area contributed by atoms with E-state index in [1.807, 2.05) is 0 Å². The van der Waals surface area contributed by atoms with Crippen LogP contribution in [0, 0.1) is 5.92 Å². The highest BCUT2D eigenvalue weighted by Crippen LogP contribution is 2.25. The number of carbonyl (C=O) groups excluding carboxylic acids is 1. The third-order valence-electron chi connectivity index (χ3n) is 4.05. The number of rotatable bonds is 4. The van der Waals surface area contributed by atoms with Crippen LogP contribution in [-0.2, 0) is 18.9 Å². The Morgan fingerprint density at radius 1 is 1.19 bits per heavy atom. The highest BCUT2D eigenvalue weighted by molar-refractivity contribution is 5.77. The molecule has 1 saturated carbocycles. The minimum Gasteiger partial charge on any atom is -0.283 e. The molecule has 0 atom stereocenters. The molecule has 2 N–H and O–H groups in total. The molecule has 1 heterocycles. The molecule has 7 heteroatoms. The maximum atomic E-state index is 11.9. The summed E-state index contributed by atoms with van der Waals surface area (Å²) in [7, 11) is 2.95. The molecule has 0 radical (unpaired) electrons. The second kappa shape index (κ2) is 6.60. The fourth-order valence-electron chi connectivity index (χ4n) is 2.69. The van der Waals surface area contributed by atoms with E-state index < -0.39 is 11.2 Å². The van der Waals surface area contributed by atoms with Crippen molar-refractivity contribution in [2.45, 2.75) is 38.5 Å². The van der Waals surface area contributed by atoms with Gasteiger partial charge in [-0.15, -0.1) is 0 Å². The predicted octanol–water partition coefficient (Wildman–Crippen LogP) is 0.497. The Kier molecular flexibility index (Phi) is 4.82. The molecule has 116 valence electrons. The Balaban J connectivity index is 1.95. The van der Waals surface area contributed by atoms with Gasteiger partial charge in [-0.05, 0) is 18.8 Å². The van der Waals surface area contributed by atoms with Crippen molar-refractivity contribution in [3.63, 3.8) is 0 Å². The summed E-state index contributed by atoms with van der Waals surface area (Å²) in [5.74, 6) is 0.600. The average molecular weight is 294 g/mol. The van der Waals surface area contributed by atoms with E-state index in [2.05, 4.69) is 10.9 Å². The second-order valence-corrected chi connectivity index (χ2v) is 5.65. The summed E-state index contributed by atoms with van der Waals surface area (Å²) >= 11 is 0. The fourth-order valence-corrected chi connectivity index (χ4v) is 2.69. The predicted molar refractivity (Wildman–Crippen MR) is 79.9 cm³/mol. The van der Waals surface area contributed by atoms with Crippen molar-refractivity contribution < 1.29 is 4.79 Å². The van der Waals surface area contributed by atoms with E-state index in [-0.39, 0.29) is 11.7 Å². The van der Waals surface area contributed by atoms with E-state index in [4.69, 9.17) is 0 Å². The molecule has 1 aromatic rings. The lowest BCUT2D eigenvalue weighted by atomic mass is 9.87. The molecular weight excluding hydrogens is 272 g/mol. The van der Waals surface area contributed by atoms with Crippen molar-refractivity contribution in [1.29, 1.82) is 0 Å². The Bertz CT molecular complexity index is 626. The van der Waals surface area contributed by atoms with Gasteiger partial charge in [0.05, 0.1) is 0 Å². The molecule has 1 aliphatic carbocycles. The van der Waals surface area contributed by atoms with Crippen LogP contribution in [0.3, 0.4) is 0 Å². The van der Waals surface area contributed by atoms with Crippen molar-refractivity contribution in [3.05, 3.63) is 26.9 Å². The van der Waals surface area contributed by atoms with E-state index >= 15 is 0 Å². The minimum atomic E-state index is -0.438. The number of nitrogens with one attached hydrogen (secondary N) is 2. The standard InChI is InChI=1S/C14H22N4O3/c1-17-11(9-13(20)18(2)14(17)21)15-16-12(19)8-10-6-4-3-5-7-10/h9-10,15H,3-8H2,1-2H3,(H,16,19). The first-order valence-corrected chi connectivity index (χ1v) is 7.31. The van der Waals surface area contributed by atoms with Gasteiger partial charge in [-0.2, -0.15) is 0 Å². The molecule has 1 amide bonds. The fraction of sp³-hybridized carbons (Fsp3) is 0.643. The van der Waals surface area contributed by atoms with Crippen LogP contribution in [0.25, 0.3) is 0 Å². The van der Waals surface area contributed by atoms with Gasteiger partial charge in [0.15, 0.2) is 0 Å². The quantitative estimate of drug-likeness (QED) is 0.792. The summed E-state index contributed by atoms with van der Waals surface area (Å²) in [6.07, 6.45) is 6.30. The summed E-state index contributed by atoms with van der Waals surface area (Å²) in [4.78, 5) is 35.2.